The molecule has 0 radical (unpaired) electrons. The lowest BCUT2D eigenvalue weighted by atomic mass is 10.0. The van der Waals surface area contributed by atoms with Gasteiger partial charge in [-0.2, -0.15) is 12.6 Å². The van der Waals surface area contributed by atoms with Crippen molar-refractivity contribution in [1.29, 1.82) is 0 Å². The van der Waals surface area contributed by atoms with Crippen LogP contribution in [-0.4, -0.2) is 9.55 Å². The van der Waals surface area contributed by atoms with Crippen molar-refractivity contribution in [2.45, 2.75) is 32.1 Å². The summed E-state index contributed by atoms with van der Waals surface area (Å²) in [5, 5.41) is 0. The molecule has 2 aromatic carbocycles. The van der Waals surface area contributed by atoms with Crippen LogP contribution in [0.4, 0.5) is 0 Å². The molecular weight excluding hydrogens is 276 g/mol. The summed E-state index contributed by atoms with van der Waals surface area (Å²) in [6, 6.07) is 17.1. The fourth-order valence-electron chi connectivity index (χ4n) is 2.62. The summed E-state index contributed by atoms with van der Waals surface area (Å²) in [5.74, 6) is 2.20. The Morgan fingerprint density at radius 2 is 1.86 bits per heavy atom. The maximum Gasteiger partial charge on any atom is 0.119 e. The van der Waals surface area contributed by atoms with Crippen LogP contribution in [0.15, 0.2) is 48.5 Å². The van der Waals surface area contributed by atoms with Crippen LogP contribution >= 0.6 is 12.6 Å². The summed E-state index contributed by atoms with van der Waals surface area (Å²) in [4.78, 5) is 4.76. The minimum atomic E-state index is 0.521. The molecular formula is C18H20N2S. The molecule has 108 valence electrons. The number of fused-ring (bicyclic) bond motifs is 1. The minimum Gasteiger partial charge on any atom is -0.323 e. The summed E-state index contributed by atoms with van der Waals surface area (Å²) >= 11 is 4.44. The molecule has 1 heterocycles. The zero-order chi connectivity index (χ0) is 14.8. The Hall–Kier alpha value is -1.74. The van der Waals surface area contributed by atoms with Crippen LogP contribution in [0.5, 0.6) is 0 Å². The third kappa shape index (κ3) is 2.84. The normalized spacial score (nSPS) is 11.4. The van der Waals surface area contributed by atoms with Gasteiger partial charge in [-0.05, 0) is 29.2 Å². The van der Waals surface area contributed by atoms with Crippen LogP contribution in [0, 0.1) is 0 Å². The molecule has 3 aromatic rings. The first-order chi connectivity index (χ1) is 10.2. The predicted molar refractivity (Wildman–Crippen MR) is 92.1 cm³/mol. The standard InChI is InChI=1S/C18H20N2S/c1-13(2)15-8-9-17-16(10-15)19-18(12-21)20(17)11-14-6-4-3-5-7-14/h3-10,13,21H,11-12H2,1-2H3. The zero-order valence-corrected chi connectivity index (χ0v) is 13.3. The molecule has 21 heavy (non-hydrogen) atoms. The van der Waals surface area contributed by atoms with E-state index in [0.29, 0.717) is 11.7 Å². The van der Waals surface area contributed by atoms with Crippen molar-refractivity contribution in [3.63, 3.8) is 0 Å². The Labute approximate surface area is 131 Å². The molecule has 3 heteroatoms. The van der Waals surface area contributed by atoms with Gasteiger partial charge in [0, 0.05) is 12.3 Å². The largest absolute Gasteiger partial charge is 0.323 e. The first-order valence-electron chi connectivity index (χ1n) is 7.33. The van der Waals surface area contributed by atoms with E-state index in [1.54, 1.807) is 0 Å². The van der Waals surface area contributed by atoms with Gasteiger partial charge >= 0.3 is 0 Å². The van der Waals surface area contributed by atoms with Crippen LogP contribution in [0.25, 0.3) is 11.0 Å². The molecule has 0 N–H and O–H groups in total. The Bertz CT molecular complexity index is 745. The number of hydrogen-bond acceptors (Lipinski definition) is 2. The molecule has 0 saturated carbocycles. The third-order valence-electron chi connectivity index (χ3n) is 3.84. The Morgan fingerprint density at radius 3 is 2.52 bits per heavy atom. The van der Waals surface area contributed by atoms with Gasteiger partial charge in [-0.15, -0.1) is 0 Å². The number of benzene rings is 2. The van der Waals surface area contributed by atoms with Crippen LogP contribution < -0.4 is 0 Å². The third-order valence-corrected chi connectivity index (χ3v) is 4.13. The first kappa shape index (κ1) is 14.2. The number of rotatable bonds is 4. The van der Waals surface area contributed by atoms with E-state index in [0.717, 1.165) is 17.9 Å². The molecule has 0 bridgehead atoms. The van der Waals surface area contributed by atoms with Crippen LogP contribution in [0.3, 0.4) is 0 Å². The van der Waals surface area contributed by atoms with E-state index in [-0.39, 0.29) is 0 Å². The Kier molecular flexibility index (Phi) is 4.02. The summed E-state index contributed by atoms with van der Waals surface area (Å²) in [7, 11) is 0. The van der Waals surface area contributed by atoms with Gasteiger partial charge < -0.3 is 4.57 Å². The monoisotopic (exact) mass is 296 g/mol. The molecule has 2 nitrogen and oxygen atoms in total. The second-order valence-electron chi connectivity index (χ2n) is 5.66. The molecule has 0 fully saturated rings. The highest BCUT2D eigenvalue weighted by Gasteiger charge is 2.11. The van der Waals surface area contributed by atoms with Crippen LogP contribution in [0.2, 0.25) is 0 Å². The second kappa shape index (κ2) is 5.94. The summed E-state index contributed by atoms with van der Waals surface area (Å²) < 4.78 is 2.27. The quantitative estimate of drug-likeness (QED) is 0.695. The smallest absolute Gasteiger partial charge is 0.119 e. The van der Waals surface area contributed by atoms with E-state index < -0.39 is 0 Å². The second-order valence-corrected chi connectivity index (χ2v) is 5.98. The minimum absolute atomic E-state index is 0.521. The average molecular weight is 296 g/mol. The zero-order valence-electron chi connectivity index (χ0n) is 12.5. The highest BCUT2D eigenvalue weighted by Crippen LogP contribution is 2.24. The molecule has 1 aromatic heterocycles. The fourth-order valence-corrected chi connectivity index (χ4v) is 2.86. The predicted octanol–water partition coefficient (Wildman–Crippen LogP) is 4.64. The van der Waals surface area contributed by atoms with Crippen molar-refractivity contribution in [1.82, 2.24) is 9.55 Å². The van der Waals surface area contributed by atoms with Crippen molar-refractivity contribution in [2.75, 3.05) is 0 Å². The maximum atomic E-state index is 4.76. The Morgan fingerprint density at radius 1 is 1.10 bits per heavy atom. The van der Waals surface area contributed by atoms with Crippen molar-refractivity contribution >= 4 is 23.7 Å². The molecule has 0 unspecified atom stereocenters. The molecule has 0 aliphatic rings. The highest BCUT2D eigenvalue weighted by molar-refractivity contribution is 7.79. The molecule has 0 aliphatic heterocycles. The summed E-state index contributed by atoms with van der Waals surface area (Å²) in [6.07, 6.45) is 0. The SMILES string of the molecule is CC(C)c1ccc2c(c1)nc(CS)n2Cc1ccccc1. The first-order valence-corrected chi connectivity index (χ1v) is 7.96. The average Bonchev–Trinajstić information content (AvgIpc) is 2.85. The molecule has 0 saturated heterocycles. The number of thiol groups is 1. The van der Waals surface area contributed by atoms with Gasteiger partial charge in [-0.25, -0.2) is 4.98 Å². The van der Waals surface area contributed by atoms with Crippen LogP contribution in [-0.2, 0) is 12.3 Å². The molecule has 3 rings (SSSR count). The van der Waals surface area contributed by atoms with E-state index >= 15 is 0 Å². The lowest BCUT2D eigenvalue weighted by Gasteiger charge is -2.09. The van der Waals surface area contributed by atoms with Gasteiger partial charge in [-0.1, -0.05) is 50.2 Å². The van der Waals surface area contributed by atoms with Crippen molar-refractivity contribution in [2.24, 2.45) is 0 Å². The van der Waals surface area contributed by atoms with Crippen molar-refractivity contribution < 1.29 is 0 Å². The Balaban J connectivity index is 2.08. The molecule has 0 spiro atoms. The van der Waals surface area contributed by atoms with E-state index in [9.17, 15) is 0 Å². The van der Waals surface area contributed by atoms with E-state index in [2.05, 4.69) is 73.5 Å². The van der Waals surface area contributed by atoms with Gasteiger partial charge in [0.1, 0.15) is 5.82 Å². The van der Waals surface area contributed by atoms with Gasteiger partial charge in [-0.3, -0.25) is 0 Å². The lowest BCUT2D eigenvalue weighted by Crippen LogP contribution is -2.03. The van der Waals surface area contributed by atoms with Gasteiger partial charge in [0.05, 0.1) is 11.0 Å². The van der Waals surface area contributed by atoms with Gasteiger partial charge in [0.15, 0.2) is 0 Å². The number of aromatic nitrogens is 2. The van der Waals surface area contributed by atoms with E-state index in [4.69, 9.17) is 4.98 Å². The highest BCUT2D eigenvalue weighted by atomic mass is 32.1. The molecule has 0 aliphatic carbocycles. The van der Waals surface area contributed by atoms with E-state index in [1.165, 1.54) is 16.6 Å². The van der Waals surface area contributed by atoms with Gasteiger partial charge in [0.2, 0.25) is 0 Å². The number of imidazole rings is 1. The summed E-state index contributed by atoms with van der Waals surface area (Å²) in [6.45, 7) is 5.26. The lowest BCUT2D eigenvalue weighted by molar-refractivity contribution is 0.781. The van der Waals surface area contributed by atoms with E-state index in [1.807, 2.05) is 6.07 Å². The van der Waals surface area contributed by atoms with Gasteiger partial charge in [0.25, 0.3) is 0 Å². The van der Waals surface area contributed by atoms with Crippen molar-refractivity contribution in [3.05, 3.63) is 65.5 Å². The number of hydrogen-bond donors (Lipinski definition) is 1. The molecule has 0 amide bonds. The maximum absolute atomic E-state index is 4.76. The van der Waals surface area contributed by atoms with Crippen molar-refractivity contribution in [3.8, 4) is 0 Å². The fraction of sp³-hybridized carbons (Fsp3) is 0.278. The number of nitrogens with zero attached hydrogens (tertiary/aromatic N) is 2. The topological polar surface area (TPSA) is 17.8 Å². The molecule has 0 atom stereocenters. The summed E-state index contributed by atoms with van der Waals surface area (Å²) in [5.41, 5.74) is 4.87. The van der Waals surface area contributed by atoms with Crippen LogP contribution in [0.1, 0.15) is 36.7 Å².